The summed E-state index contributed by atoms with van der Waals surface area (Å²) >= 11 is 0. The first kappa shape index (κ1) is 20.4. The van der Waals surface area contributed by atoms with E-state index < -0.39 is 21.7 Å². The van der Waals surface area contributed by atoms with E-state index in [1.54, 1.807) is 6.07 Å². The first-order valence-corrected chi connectivity index (χ1v) is 10.2. The van der Waals surface area contributed by atoms with Crippen molar-refractivity contribution in [1.29, 1.82) is 0 Å². The number of morpholine rings is 1. The Morgan fingerprint density at radius 2 is 2.04 bits per heavy atom. The summed E-state index contributed by atoms with van der Waals surface area (Å²) < 4.78 is 59.0. The van der Waals surface area contributed by atoms with Crippen LogP contribution in [-0.2, 0) is 14.8 Å². The minimum Gasteiger partial charge on any atom is -0.373 e. The van der Waals surface area contributed by atoms with Gasteiger partial charge in [-0.05, 0) is 38.2 Å². The Hall–Kier alpha value is -2.30. The zero-order valence-corrected chi connectivity index (χ0v) is 16.3. The Labute approximate surface area is 162 Å². The molecule has 3 rings (SSSR count). The van der Waals surface area contributed by atoms with Crippen molar-refractivity contribution >= 4 is 21.5 Å². The number of likely N-dealkylation sites (N-methyl/N-ethyl adjacent to an activating group) is 1. The Bertz CT molecular complexity index is 925. The van der Waals surface area contributed by atoms with Crippen LogP contribution in [0.4, 0.5) is 20.3 Å². The van der Waals surface area contributed by atoms with E-state index in [1.807, 2.05) is 14.0 Å². The van der Waals surface area contributed by atoms with Crippen LogP contribution < -0.4 is 10.0 Å². The van der Waals surface area contributed by atoms with Crippen molar-refractivity contribution < 1.29 is 21.9 Å². The number of aromatic nitrogens is 1. The van der Waals surface area contributed by atoms with E-state index in [1.165, 1.54) is 12.3 Å². The van der Waals surface area contributed by atoms with E-state index in [2.05, 4.69) is 19.9 Å². The second kappa shape index (κ2) is 8.38. The summed E-state index contributed by atoms with van der Waals surface area (Å²) in [5.41, 5.74) is -0.0757. The third kappa shape index (κ3) is 4.94. The smallest absolute Gasteiger partial charge is 0.263 e. The van der Waals surface area contributed by atoms with Gasteiger partial charge < -0.3 is 15.0 Å². The number of sulfonamides is 1. The molecular weight excluding hydrogens is 390 g/mol. The molecule has 10 heteroatoms. The molecule has 1 aliphatic rings. The van der Waals surface area contributed by atoms with Gasteiger partial charge in [0.15, 0.2) is 11.6 Å². The first-order valence-electron chi connectivity index (χ1n) is 8.75. The molecule has 1 aliphatic heterocycles. The number of halogens is 2. The van der Waals surface area contributed by atoms with Crippen LogP contribution in [0.3, 0.4) is 0 Å². The van der Waals surface area contributed by atoms with E-state index in [0.29, 0.717) is 12.4 Å². The van der Waals surface area contributed by atoms with Crippen molar-refractivity contribution in [3.8, 4) is 0 Å². The zero-order valence-electron chi connectivity index (χ0n) is 15.5. The van der Waals surface area contributed by atoms with Crippen molar-refractivity contribution in [3.63, 3.8) is 0 Å². The standard InChI is InChI=1S/C18H22F2N4O3S/c1-12(17-11-24(2)7-8-27-17)22-18-6-4-14(10-21-18)28(25,26)23-13-3-5-15(19)16(20)9-13/h3-6,9-10,12,17,23H,7-8,11H2,1-2H3,(H,21,22). The Kier molecular flexibility index (Phi) is 6.11. The van der Waals surface area contributed by atoms with E-state index >= 15 is 0 Å². The number of pyridine rings is 1. The quantitative estimate of drug-likeness (QED) is 0.758. The zero-order chi connectivity index (χ0) is 20.3. The average Bonchev–Trinajstić information content (AvgIpc) is 2.65. The number of hydrogen-bond acceptors (Lipinski definition) is 6. The van der Waals surface area contributed by atoms with Gasteiger partial charge in [0.2, 0.25) is 0 Å². The van der Waals surface area contributed by atoms with Crippen LogP contribution in [0.2, 0.25) is 0 Å². The molecule has 2 N–H and O–H groups in total. The monoisotopic (exact) mass is 412 g/mol. The molecule has 0 spiro atoms. The lowest BCUT2D eigenvalue weighted by molar-refractivity contribution is -0.0259. The molecule has 1 fully saturated rings. The SMILES string of the molecule is CC(Nc1ccc(S(=O)(=O)Nc2ccc(F)c(F)c2)cn1)C1CN(C)CCO1. The molecule has 2 atom stereocenters. The van der Waals surface area contributed by atoms with E-state index in [4.69, 9.17) is 4.74 Å². The van der Waals surface area contributed by atoms with Gasteiger partial charge in [0, 0.05) is 25.4 Å². The van der Waals surface area contributed by atoms with Gasteiger partial charge in [-0.2, -0.15) is 0 Å². The summed E-state index contributed by atoms with van der Waals surface area (Å²) in [7, 11) is -1.95. The lowest BCUT2D eigenvalue weighted by atomic mass is 10.1. The van der Waals surface area contributed by atoms with Gasteiger partial charge in [-0.25, -0.2) is 22.2 Å². The molecule has 0 saturated carbocycles. The third-order valence-electron chi connectivity index (χ3n) is 4.45. The molecule has 0 aliphatic carbocycles. The highest BCUT2D eigenvalue weighted by molar-refractivity contribution is 7.92. The number of hydrogen-bond donors (Lipinski definition) is 2. The Morgan fingerprint density at radius 1 is 1.25 bits per heavy atom. The lowest BCUT2D eigenvalue weighted by Crippen LogP contribution is -2.47. The van der Waals surface area contributed by atoms with Gasteiger partial charge in [0.05, 0.1) is 24.4 Å². The normalized spacial score (nSPS) is 19.2. The van der Waals surface area contributed by atoms with Gasteiger partial charge in [-0.1, -0.05) is 0 Å². The predicted octanol–water partition coefficient (Wildman–Crippen LogP) is 2.29. The summed E-state index contributed by atoms with van der Waals surface area (Å²) in [6, 6.07) is 5.69. The van der Waals surface area contributed by atoms with E-state index in [9.17, 15) is 17.2 Å². The maximum Gasteiger partial charge on any atom is 0.263 e. The fraction of sp³-hybridized carbons (Fsp3) is 0.389. The van der Waals surface area contributed by atoms with Gasteiger partial charge in [-0.3, -0.25) is 4.72 Å². The summed E-state index contributed by atoms with van der Waals surface area (Å²) in [6.45, 7) is 4.31. The Morgan fingerprint density at radius 3 is 2.68 bits per heavy atom. The predicted molar refractivity (Wildman–Crippen MR) is 102 cm³/mol. The molecule has 28 heavy (non-hydrogen) atoms. The summed E-state index contributed by atoms with van der Waals surface area (Å²) in [5, 5.41) is 3.20. The molecule has 2 heterocycles. The molecule has 7 nitrogen and oxygen atoms in total. The van der Waals surface area contributed by atoms with Crippen LogP contribution >= 0.6 is 0 Å². The van der Waals surface area contributed by atoms with Crippen LogP contribution in [0.1, 0.15) is 6.92 Å². The number of nitrogens with zero attached hydrogens (tertiary/aromatic N) is 2. The highest BCUT2D eigenvalue weighted by atomic mass is 32.2. The molecule has 2 aromatic rings. The second-order valence-electron chi connectivity index (χ2n) is 6.72. The fourth-order valence-corrected chi connectivity index (χ4v) is 3.83. The maximum absolute atomic E-state index is 13.3. The molecule has 0 radical (unpaired) electrons. The van der Waals surface area contributed by atoms with Gasteiger partial charge in [0.1, 0.15) is 10.7 Å². The minimum atomic E-state index is -3.98. The van der Waals surface area contributed by atoms with E-state index in [0.717, 1.165) is 31.3 Å². The highest BCUT2D eigenvalue weighted by Gasteiger charge is 2.24. The van der Waals surface area contributed by atoms with Gasteiger partial charge >= 0.3 is 0 Å². The highest BCUT2D eigenvalue weighted by Crippen LogP contribution is 2.19. The van der Waals surface area contributed by atoms with Crippen molar-refractivity contribution in [2.45, 2.75) is 24.0 Å². The average molecular weight is 412 g/mol. The molecule has 152 valence electrons. The van der Waals surface area contributed by atoms with Crippen LogP contribution in [-0.4, -0.2) is 57.2 Å². The van der Waals surface area contributed by atoms with Crippen LogP contribution in [0.5, 0.6) is 0 Å². The first-order chi connectivity index (χ1) is 13.2. The topological polar surface area (TPSA) is 83.6 Å². The third-order valence-corrected chi connectivity index (χ3v) is 5.81. The molecular formula is C18H22F2N4O3S. The summed E-state index contributed by atoms with van der Waals surface area (Å²) in [5.74, 6) is -1.68. The molecule has 1 aromatic heterocycles. The molecule has 0 amide bonds. The van der Waals surface area contributed by atoms with Crippen molar-refractivity contribution in [3.05, 3.63) is 48.2 Å². The van der Waals surface area contributed by atoms with Crippen molar-refractivity contribution in [1.82, 2.24) is 9.88 Å². The van der Waals surface area contributed by atoms with Crippen LogP contribution in [0, 0.1) is 11.6 Å². The van der Waals surface area contributed by atoms with Crippen molar-refractivity contribution in [2.24, 2.45) is 0 Å². The summed E-state index contributed by atoms with van der Waals surface area (Å²) in [6.07, 6.45) is 1.20. The number of benzene rings is 1. The van der Waals surface area contributed by atoms with Crippen molar-refractivity contribution in [2.75, 3.05) is 36.8 Å². The van der Waals surface area contributed by atoms with Crippen LogP contribution in [0.25, 0.3) is 0 Å². The number of ether oxygens (including phenoxy) is 1. The van der Waals surface area contributed by atoms with Gasteiger partial charge in [-0.15, -0.1) is 0 Å². The number of anilines is 2. The molecule has 1 aromatic carbocycles. The molecule has 1 saturated heterocycles. The molecule has 0 bridgehead atoms. The second-order valence-corrected chi connectivity index (χ2v) is 8.40. The lowest BCUT2D eigenvalue weighted by Gasteiger charge is -2.34. The van der Waals surface area contributed by atoms with E-state index in [-0.39, 0.29) is 22.7 Å². The largest absolute Gasteiger partial charge is 0.373 e. The maximum atomic E-state index is 13.3. The van der Waals surface area contributed by atoms with Crippen LogP contribution in [0.15, 0.2) is 41.4 Å². The Balaban J connectivity index is 1.66. The molecule has 2 unspecified atom stereocenters. The minimum absolute atomic E-state index is 0.000927. The van der Waals surface area contributed by atoms with Gasteiger partial charge in [0.25, 0.3) is 10.0 Å². The fourth-order valence-electron chi connectivity index (χ4n) is 2.84. The number of rotatable bonds is 6. The number of nitrogens with one attached hydrogen (secondary N) is 2. The summed E-state index contributed by atoms with van der Waals surface area (Å²) in [4.78, 5) is 6.23.